The summed E-state index contributed by atoms with van der Waals surface area (Å²) in [6, 6.07) is 6.43. The van der Waals surface area contributed by atoms with E-state index in [4.69, 9.17) is 22.7 Å². The van der Waals surface area contributed by atoms with Crippen molar-refractivity contribution in [3.05, 3.63) is 29.3 Å². The smallest absolute Gasteiger partial charge is 0.123 e. The van der Waals surface area contributed by atoms with E-state index in [2.05, 4.69) is 52.8 Å². The van der Waals surface area contributed by atoms with Crippen molar-refractivity contribution >= 4 is 17.2 Å². The van der Waals surface area contributed by atoms with Crippen LogP contribution in [-0.4, -0.2) is 11.6 Å². The average Bonchev–Trinajstić information content (AvgIpc) is 2.33. The van der Waals surface area contributed by atoms with Gasteiger partial charge in [0.2, 0.25) is 0 Å². The van der Waals surface area contributed by atoms with Crippen LogP contribution in [0.3, 0.4) is 0 Å². The molecule has 1 aromatic rings. The molecule has 0 aromatic heterocycles. The van der Waals surface area contributed by atoms with Gasteiger partial charge in [0.25, 0.3) is 0 Å². The van der Waals surface area contributed by atoms with E-state index in [1.165, 1.54) is 11.1 Å². The predicted molar refractivity (Wildman–Crippen MR) is 90.6 cm³/mol. The summed E-state index contributed by atoms with van der Waals surface area (Å²) < 4.78 is 5.96. The number of rotatable bonds is 6. The Morgan fingerprint density at radius 2 is 1.95 bits per heavy atom. The van der Waals surface area contributed by atoms with Gasteiger partial charge in [0.1, 0.15) is 5.75 Å². The van der Waals surface area contributed by atoms with Crippen LogP contribution in [0.1, 0.15) is 52.2 Å². The van der Waals surface area contributed by atoms with E-state index in [9.17, 15) is 0 Å². The molecule has 0 aliphatic rings. The number of hydrogen-bond acceptors (Lipinski definition) is 2. The zero-order valence-corrected chi connectivity index (χ0v) is 14.1. The highest BCUT2D eigenvalue weighted by Crippen LogP contribution is 2.32. The third kappa shape index (κ3) is 5.49. The van der Waals surface area contributed by atoms with Crippen molar-refractivity contribution in [3.63, 3.8) is 0 Å². The van der Waals surface area contributed by atoms with Crippen LogP contribution in [0.5, 0.6) is 5.75 Å². The van der Waals surface area contributed by atoms with Crippen molar-refractivity contribution in [3.8, 4) is 5.75 Å². The minimum absolute atomic E-state index is 0.0611. The fraction of sp³-hybridized carbons (Fsp3) is 0.588. The first kappa shape index (κ1) is 17.0. The summed E-state index contributed by atoms with van der Waals surface area (Å²) in [6.45, 7) is 11.7. The maximum absolute atomic E-state index is 5.96. The van der Waals surface area contributed by atoms with E-state index in [1.807, 2.05) is 0 Å². The molecule has 0 spiro atoms. The monoisotopic (exact) mass is 293 g/mol. The Bertz CT molecular complexity index is 461. The molecular formula is C17H27NOS. The number of hydrogen-bond donors (Lipinski definition) is 1. The minimum atomic E-state index is 0.0611. The summed E-state index contributed by atoms with van der Waals surface area (Å²) >= 11 is 4.95. The van der Waals surface area contributed by atoms with Gasteiger partial charge in [0.15, 0.2) is 0 Å². The largest absolute Gasteiger partial charge is 0.493 e. The van der Waals surface area contributed by atoms with Gasteiger partial charge < -0.3 is 10.5 Å². The Kier molecular flexibility index (Phi) is 6.00. The van der Waals surface area contributed by atoms with Gasteiger partial charge in [0.05, 0.1) is 11.6 Å². The molecule has 3 heteroatoms. The first-order valence-electron chi connectivity index (χ1n) is 7.24. The second-order valence-corrected chi connectivity index (χ2v) is 7.28. The molecule has 0 fully saturated rings. The van der Waals surface area contributed by atoms with E-state index in [0.29, 0.717) is 10.9 Å². The molecule has 0 aliphatic heterocycles. The molecule has 0 aliphatic carbocycles. The van der Waals surface area contributed by atoms with E-state index in [1.54, 1.807) is 0 Å². The summed E-state index contributed by atoms with van der Waals surface area (Å²) in [6.07, 6.45) is 1.65. The van der Waals surface area contributed by atoms with Crippen molar-refractivity contribution in [2.24, 2.45) is 11.7 Å². The third-order valence-electron chi connectivity index (χ3n) is 3.08. The van der Waals surface area contributed by atoms with Gasteiger partial charge >= 0.3 is 0 Å². The number of thiocarbonyl (C=S) groups is 1. The highest BCUT2D eigenvalue weighted by atomic mass is 32.1. The van der Waals surface area contributed by atoms with E-state index >= 15 is 0 Å². The Hall–Kier alpha value is -1.09. The van der Waals surface area contributed by atoms with Gasteiger partial charge in [-0.1, -0.05) is 59.0 Å². The summed E-state index contributed by atoms with van der Waals surface area (Å²) in [4.78, 5) is 0.572. The van der Waals surface area contributed by atoms with Crippen molar-refractivity contribution in [2.75, 3.05) is 6.61 Å². The molecule has 0 amide bonds. The molecular weight excluding hydrogens is 266 g/mol. The lowest BCUT2D eigenvalue weighted by Crippen LogP contribution is -2.16. The standard InChI is InChI=1S/C17H27NOS/c1-12(2)11-19-15-8-6-13(7-9-16(18)20)10-14(15)17(3,4)5/h6,8,10,12H,7,9,11H2,1-5H3,(H2,18,20). The van der Waals surface area contributed by atoms with Gasteiger partial charge in [0, 0.05) is 6.42 Å². The third-order valence-corrected chi connectivity index (χ3v) is 3.29. The number of benzene rings is 1. The second-order valence-electron chi connectivity index (χ2n) is 6.75. The minimum Gasteiger partial charge on any atom is -0.493 e. The van der Waals surface area contributed by atoms with Crippen LogP contribution in [0.2, 0.25) is 0 Å². The lowest BCUT2D eigenvalue weighted by Gasteiger charge is -2.24. The average molecular weight is 293 g/mol. The molecule has 2 nitrogen and oxygen atoms in total. The molecule has 0 unspecified atom stereocenters. The maximum Gasteiger partial charge on any atom is 0.123 e. The van der Waals surface area contributed by atoms with Gasteiger partial charge in [-0.3, -0.25) is 0 Å². The van der Waals surface area contributed by atoms with Gasteiger partial charge in [-0.05, 0) is 34.9 Å². The fourth-order valence-corrected chi connectivity index (χ4v) is 2.07. The van der Waals surface area contributed by atoms with Crippen molar-refractivity contribution in [1.29, 1.82) is 0 Å². The Morgan fingerprint density at radius 1 is 1.30 bits per heavy atom. The fourth-order valence-electron chi connectivity index (χ4n) is 1.97. The molecule has 0 radical (unpaired) electrons. The Labute approximate surface area is 128 Å². The highest BCUT2D eigenvalue weighted by molar-refractivity contribution is 7.80. The van der Waals surface area contributed by atoms with Crippen LogP contribution in [0.15, 0.2) is 18.2 Å². The Balaban J connectivity index is 2.97. The van der Waals surface area contributed by atoms with Crippen LogP contribution < -0.4 is 10.5 Å². The second kappa shape index (κ2) is 7.07. The van der Waals surface area contributed by atoms with E-state index in [0.717, 1.165) is 25.2 Å². The van der Waals surface area contributed by atoms with Gasteiger partial charge in [-0.2, -0.15) is 0 Å². The van der Waals surface area contributed by atoms with Crippen LogP contribution in [0, 0.1) is 5.92 Å². The molecule has 0 saturated carbocycles. The Morgan fingerprint density at radius 3 is 2.45 bits per heavy atom. The summed E-state index contributed by atoms with van der Waals surface area (Å²) in [5.41, 5.74) is 8.16. The zero-order chi connectivity index (χ0) is 15.3. The van der Waals surface area contributed by atoms with Crippen LogP contribution in [0.25, 0.3) is 0 Å². The number of ether oxygens (including phenoxy) is 1. The van der Waals surface area contributed by atoms with Crippen molar-refractivity contribution in [1.82, 2.24) is 0 Å². The lowest BCUT2D eigenvalue weighted by molar-refractivity contribution is 0.265. The van der Waals surface area contributed by atoms with Crippen LogP contribution >= 0.6 is 12.2 Å². The van der Waals surface area contributed by atoms with E-state index in [-0.39, 0.29) is 5.41 Å². The lowest BCUT2D eigenvalue weighted by atomic mass is 9.85. The van der Waals surface area contributed by atoms with Gasteiger partial charge in [-0.15, -0.1) is 0 Å². The molecule has 0 heterocycles. The summed E-state index contributed by atoms with van der Waals surface area (Å²) in [5, 5.41) is 0. The first-order chi connectivity index (χ1) is 9.20. The molecule has 0 atom stereocenters. The maximum atomic E-state index is 5.96. The molecule has 1 aromatic carbocycles. The molecule has 0 saturated heterocycles. The molecule has 1 rings (SSSR count). The topological polar surface area (TPSA) is 35.2 Å². The van der Waals surface area contributed by atoms with Crippen LogP contribution in [0.4, 0.5) is 0 Å². The predicted octanol–water partition coefficient (Wildman–Crippen LogP) is 4.24. The normalized spacial score (nSPS) is 11.7. The molecule has 0 bridgehead atoms. The molecule has 112 valence electrons. The first-order valence-corrected chi connectivity index (χ1v) is 7.65. The summed E-state index contributed by atoms with van der Waals surface area (Å²) in [7, 11) is 0. The number of aryl methyl sites for hydroxylation is 1. The van der Waals surface area contributed by atoms with E-state index < -0.39 is 0 Å². The SMILES string of the molecule is CC(C)COc1ccc(CCC(N)=S)cc1C(C)(C)C. The summed E-state index contributed by atoms with van der Waals surface area (Å²) in [5.74, 6) is 1.52. The quantitative estimate of drug-likeness (QED) is 0.797. The highest BCUT2D eigenvalue weighted by Gasteiger charge is 2.19. The van der Waals surface area contributed by atoms with Crippen LogP contribution in [-0.2, 0) is 11.8 Å². The molecule has 20 heavy (non-hydrogen) atoms. The number of nitrogens with two attached hydrogens (primary N) is 1. The van der Waals surface area contributed by atoms with Gasteiger partial charge in [-0.25, -0.2) is 0 Å². The van der Waals surface area contributed by atoms with Crippen molar-refractivity contribution in [2.45, 2.75) is 52.9 Å². The van der Waals surface area contributed by atoms with Crippen molar-refractivity contribution < 1.29 is 4.74 Å². The molecule has 2 N–H and O–H groups in total. The zero-order valence-electron chi connectivity index (χ0n) is 13.3.